The number of hydrogen-bond donors (Lipinski definition) is 0. The molecule has 0 aliphatic carbocycles. The molecule has 5 heavy (non-hydrogen) atoms. The van der Waals surface area contributed by atoms with Gasteiger partial charge in [0.25, 0.3) is 0 Å². The maximum atomic E-state index is 0. The van der Waals surface area contributed by atoms with Gasteiger partial charge in [-0.3, -0.25) is 0 Å². The van der Waals surface area contributed by atoms with Crippen molar-refractivity contribution in [1.29, 1.82) is 0 Å². The van der Waals surface area contributed by atoms with Gasteiger partial charge >= 0.3 is 124 Å². The Morgan fingerprint density at radius 3 is 1.00 bits per heavy atom. The summed E-state index contributed by atoms with van der Waals surface area (Å²) in [5, 5.41) is 0. The van der Waals surface area contributed by atoms with Gasteiger partial charge in [-0.2, -0.15) is 0 Å². The van der Waals surface area contributed by atoms with Crippen molar-refractivity contribution in [1.82, 2.24) is 0 Å². The van der Waals surface area contributed by atoms with Gasteiger partial charge in [-0.15, -0.1) is 0 Å². The molecule has 0 heterocycles. The fraction of sp³-hybridized carbons (Fsp3) is 0. The molecule has 0 rings (SSSR count). The Kier molecular flexibility index (Phi) is 163. The predicted octanol–water partition coefficient (Wildman–Crippen LogP) is -0.121. The largest absolute Gasteiger partial charge is 3.00 e. The maximum Gasteiger partial charge on any atom is 3.00 e. The van der Waals surface area contributed by atoms with Crippen molar-refractivity contribution in [3.63, 3.8) is 0 Å². The molecular formula is ErGdOSYb+5. The quantitative estimate of drug-likeness (QED) is 0.407. The molecule has 0 aromatic heterocycles. The molecule has 0 aromatic rings. The van der Waals surface area contributed by atoms with E-state index in [4.69, 9.17) is 0 Å². The summed E-state index contributed by atoms with van der Waals surface area (Å²) in [6, 6.07) is 0. The molecule has 41 valence electrons. The summed E-state index contributed by atoms with van der Waals surface area (Å²) in [5.41, 5.74) is 0. The first-order valence-corrected chi connectivity index (χ1v) is 0. The van der Waals surface area contributed by atoms with E-state index in [0.29, 0.717) is 0 Å². The summed E-state index contributed by atoms with van der Waals surface area (Å²) in [5.74, 6) is 0. The van der Waals surface area contributed by atoms with Crippen LogP contribution >= 0.6 is 0 Å². The molecule has 1 nitrogen and oxygen atoms in total. The molecule has 0 fully saturated rings. The van der Waals surface area contributed by atoms with Gasteiger partial charge in [0.15, 0.2) is 0 Å². The Bertz CT molecular complexity index is 11.6. The van der Waals surface area contributed by atoms with E-state index < -0.39 is 0 Å². The third-order valence-corrected chi connectivity index (χ3v) is 0. The van der Waals surface area contributed by atoms with Crippen LogP contribution < -0.4 is 0 Å². The molecule has 0 unspecified atom stereocenters. The summed E-state index contributed by atoms with van der Waals surface area (Å²) in [6.45, 7) is 0. The first-order chi connectivity index (χ1) is 0. The van der Waals surface area contributed by atoms with E-state index >= 15 is 0 Å². The summed E-state index contributed by atoms with van der Waals surface area (Å²) in [4.78, 5) is 0. The van der Waals surface area contributed by atoms with Crippen LogP contribution in [0.25, 0.3) is 0 Å². The molecule has 5 heteroatoms. The fourth-order valence-electron chi connectivity index (χ4n) is 0. The summed E-state index contributed by atoms with van der Waals surface area (Å²) < 4.78 is 0. The normalized spacial score (nSPS) is 0. The molecule has 0 aromatic carbocycles. The molecule has 0 aliphatic heterocycles. The third kappa shape index (κ3) is 17.8. The Morgan fingerprint density at radius 1 is 1.00 bits per heavy atom. The van der Waals surface area contributed by atoms with Crippen molar-refractivity contribution in [3.8, 4) is 0 Å². The molecule has 0 saturated carbocycles. The van der Waals surface area contributed by atoms with E-state index in [1.807, 2.05) is 0 Å². The van der Waals surface area contributed by atoms with Crippen molar-refractivity contribution >= 4 is 13.5 Å². The second-order valence-electron chi connectivity index (χ2n) is 0. The molecule has 0 N–H and O–H groups in total. The second kappa shape index (κ2) is 23.8. The van der Waals surface area contributed by atoms with E-state index in [9.17, 15) is 0 Å². The minimum atomic E-state index is 0. The van der Waals surface area contributed by atoms with Crippen molar-refractivity contribution in [2.24, 2.45) is 0 Å². The van der Waals surface area contributed by atoms with Crippen molar-refractivity contribution in [2.45, 2.75) is 0 Å². The maximum absolute atomic E-state index is 0. The van der Waals surface area contributed by atoms with Gasteiger partial charge in [-0.25, -0.2) is 0 Å². The van der Waals surface area contributed by atoms with Crippen molar-refractivity contribution in [3.05, 3.63) is 0 Å². The standard InChI is InChI=1S/Er.Gd.O.S.Yb/q2*+3;2*-2;+3. The molecular weight excluding hydrogens is 546 g/mol. The Morgan fingerprint density at radius 2 is 1.00 bits per heavy atom. The van der Waals surface area contributed by atoms with Crippen LogP contribution in [0, 0.1) is 124 Å². The van der Waals surface area contributed by atoms with E-state index in [1.165, 1.54) is 0 Å². The molecule has 0 spiro atoms. The minimum Gasteiger partial charge on any atom is -2.00 e. The van der Waals surface area contributed by atoms with Crippen LogP contribution in [0.15, 0.2) is 0 Å². The summed E-state index contributed by atoms with van der Waals surface area (Å²) in [6.07, 6.45) is 0. The van der Waals surface area contributed by atoms with Crippen LogP contribution in [0.4, 0.5) is 0 Å². The minimum absolute atomic E-state index is 0. The first kappa shape index (κ1) is 34.3. The molecule has 0 aliphatic rings. The molecule has 0 saturated heterocycles. The van der Waals surface area contributed by atoms with Gasteiger partial charge in [0.2, 0.25) is 0 Å². The van der Waals surface area contributed by atoms with Crippen LogP contribution in [0.3, 0.4) is 0 Å². The second-order valence-corrected chi connectivity index (χ2v) is 0. The molecule has 0 bridgehead atoms. The van der Waals surface area contributed by atoms with Crippen LogP contribution in [-0.4, -0.2) is 0 Å². The average Bonchev–Trinajstić information content (AvgIpc) is 0. The van der Waals surface area contributed by atoms with Crippen molar-refractivity contribution < 1.29 is 130 Å². The number of rotatable bonds is 0. The van der Waals surface area contributed by atoms with Gasteiger partial charge in [-0.1, -0.05) is 0 Å². The van der Waals surface area contributed by atoms with E-state index in [0.717, 1.165) is 0 Å². The zero-order chi connectivity index (χ0) is 0. The van der Waals surface area contributed by atoms with E-state index in [-0.39, 0.29) is 143 Å². The van der Waals surface area contributed by atoms with Gasteiger partial charge in [0.05, 0.1) is 0 Å². The smallest absolute Gasteiger partial charge is 2.00 e. The van der Waals surface area contributed by atoms with Gasteiger partial charge in [-0.05, 0) is 0 Å². The Hall–Kier alpha value is 4.40. The van der Waals surface area contributed by atoms with Crippen LogP contribution in [0.2, 0.25) is 0 Å². The SMILES string of the molecule is [Er+3].[Gd+3].[O-2].[S-2].[Yb+3]. The van der Waals surface area contributed by atoms with E-state index in [1.54, 1.807) is 0 Å². The van der Waals surface area contributed by atoms with Crippen LogP contribution in [0.5, 0.6) is 0 Å². The van der Waals surface area contributed by atoms with Crippen molar-refractivity contribution in [2.75, 3.05) is 0 Å². The molecule has 0 amide bonds. The van der Waals surface area contributed by atoms with Crippen LogP contribution in [-0.2, 0) is 19.0 Å². The topological polar surface area (TPSA) is 28.5 Å². The zero-order valence-electron chi connectivity index (χ0n) is 1.73. The predicted molar refractivity (Wildman–Crippen MR) is 8.05 cm³/mol. The summed E-state index contributed by atoms with van der Waals surface area (Å²) in [7, 11) is 0. The molecule has 0 atom stereocenters. The Balaban J connectivity index is 0. The van der Waals surface area contributed by atoms with Gasteiger partial charge in [0.1, 0.15) is 0 Å². The molecule has 3 radical (unpaired) electrons. The van der Waals surface area contributed by atoms with Crippen LogP contribution in [0.1, 0.15) is 0 Å². The zero-order valence-corrected chi connectivity index (χ0v) is 8.38. The third-order valence-electron chi connectivity index (χ3n) is 0. The average molecular weight is 546 g/mol. The fourth-order valence-corrected chi connectivity index (χ4v) is 0. The van der Waals surface area contributed by atoms with Gasteiger partial charge < -0.3 is 19.0 Å². The van der Waals surface area contributed by atoms with E-state index in [2.05, 4.69) is 0 Å². The first-order valence-electron chi connectivity index (χ1n) is 0. The summed E-state index contributed by atoms with van der Waals surface area (Å²) >= 11 is 0. The monoisotopic (exact) mass is 546 g/mol. The van der Waals surface area contributed by atoms with Gasteiger partial charge in [0, 0.05) is 0 Å². The Labute approximate surface area is 139 Å². The number of hydrogen-bond acceptors (Lipinski definition) is 0.